The van der Waals surface area contributed by atoms with Crippen LogP contribution >= 0.6 is 11.6 Å². The van der Waals surface area contributed by atoms with Crippen molar-refractivity contribution < 1.29 is 9.53 Å². The fraction of sp³-hybridized carbons (Fsp3) is 0.615. The maximum Gasteiger partial charge on any atom is 0.308 e. The highest BCUT2D eigenvalue weighted by Crippen LogP contribution is 2.35. The molecule has 0 N–H and O–H groups in total. The van der Waals surface area contributed by atoms with Gasteiger partial charge in [-0.1, -0.05) is 0 Å². The molecule has 0 atom stereocenters. The van der Waals surface area contributed by atoms with E-state index in [0.29, 0.717) is 11.3 Å². The number of methoxy groups -OCH3 is 1. The molecule has 0 unspecified atom stereocenters. The molecule has 2 heterocycles. The van der Waals surface area contributed by atoms with Crippen molar-refractivity contribution in [3.8, 4) is 0 Å². The second-order valence-corrected chi connectivity index (χ2v) is 5.51. The van der Waals surface area contributed by atoms with Gasteiger partial charge in [0.2, 0.25) is 5.28 Å². The Hall–Kier alpha value is -1.20. The van der Waals surface area contributed by atoms with Crippen molar-refractivity contribution in [1.82, 2.24) is 14.9 Å². The number of ether oxygens (including phenoxy) is 1. The summed E-state index contributed by atoms with van der Waals surface area (Å²) in [7, 11) is 1.45. The predicted octanol–water partition coefficient (Wildman–Crippen LogP) is 1.44. The summed E-state index contributed by atoms with van der Waals surface area (Å²) >= 11 is 5.80. The molecule has 0 aromatic carbocycles. The molecule has 1 aliphatic carbocycles. The second-order valence-electron chi connectivity index (χ2n) is 5.18. The molecule has 19 heavy (non-hydrogen) atoms. The summed E-state index contributed by atoms with van der Waals surface area (Å²) < 4.78 is 4.77. The number of rotatable bonds is 2. The third-order valence-corrected chi connectivity index (χ3v) is 4.28. The molecule has 1 aliphatic heterocycles. The third-order valence-electron chi connectivity index (χ3n) is 4.10. The Morgan fingerprint density at radius 1 is 1.53 bits per heavy atom. The summed E-state index contributed by atoms with van der Waals surface area (Å²) in [6.45, 7) is 1.82. The molecule has 0 bridgehead atoms. The quantitative estimate of drug-likeness (QED) is 0.606. The normalized spacial score (nSPS) is 26.4. The number of hydrogen-bond donors (Lipinski definition) is 0. The van der Waals surface area contributed by atoms with Crippen molar-refractivity contribution in [3.05, 3.63) is 22.7 Å². The van der Waals surface area contributed by atoms with Gasteiger partial charge < -0.3 is 4.74 Å². The van der Waals surface area contributed by atoms with E-state index in [1.807, 2.05) is 6.20 Å². The summed E-state index contributed by atoms with van der Waals surface area (Å²) in [4.78, 5) is 22.1. The van der Waals surface area contributed by atoms with Gasteiger partial charge in [-0.3, -0.25) is 9.69 Å². The summed E-state index contributed by atoms with van der Waals surface area (Å²) in [5.41, 5.74) is 2.21. The van der Waals surface area contributed by atoms with Crippen LogP contribution in [0.2, 0.25) is 5.28 Å². The number of hydrogen-bond acceptors (Lipinski definition) is 5. The van der Waals surface area contributed by atoms with Crippen LogP contribution in [-0.2, 0) is 22.5 Å². The van der Waals surface area contributed by atoms with Gasteiger partial charge in [-0.05, 0) is 24.4 Å². The number of nitrogens with zero attached hydrogens (tertiary/aromatic N) is 3. The van der Waals surface area contributed by atoms with Crippen molar-refractivity contribution in [1.29, 1.82) is 0 Å². The minimum absolute atomic E-state index is 0.0798. The van der Waals surface area contributed by atoms with E-state index >= 15 is 0 Å². The minimum atomic E-state index is -0.0798. The topological polar surface area (TPSA) is 55.3 Å². The molecular formula is C13H16ClN3O2. The minimum Gasteiger partial charge on any atom is -0.469 e. The van der Waals surface area contributed by atoms with E-state index in [2.05, 4.69) is 14.9 Å². The van der Waals surface area contributed by atoms with Crippen LogP contribution in [0.15, 0.2) is 6.20 Å². The molecule has 0 saturated heterocycles. The molecule has 0 spiro atoms. The van der Waals surface area contributed by atoms with Gasteiger partial charge in [0.05, 0.1) is 18.7 Å². The number of aromatic nitrogens is 2. The van der Waals surface area contributed by atoms with Crippen molar-refractivity contribution in [3.63, 3.8) is 0 Å². The maximum atomic E-state index is 11.4. The molecule has 2 aliphatic rings. The fourth-order valence-electron chi connectivity index (χ4n) is 2.87. The molecule has 0 radical (unpaired) electrons. The molecule has 0 amide bonds. The third kappa shape index (κ3) is 2.44. The lowest BCUT2D eigenvalue weighted by Crippen LogP contribution is -2.49. The Labute approximate surface area is 116 Å². The van der Waals surface area contributed by atoms with Crippen LogP contribution in [0.1, 0.15) is 24.1 Å². The van der Waals surface area contributed by atoms with Gasteiger partial charge in [-0.25, -0.2) is 9.97 Å². The number of esters is 1. The van der Waals surface area contributed by atoms with Gasteiger partial charge in [0.1, 0.15) is 0 Å². The van der Waals surface area contributed by atoms with E-state index < -0.39 is 0 Å². The Kier molecular flexibility index (Phi) is 3.41. The number of halogens is 1. The van der Waals surface area contributed by atoms with Gasteiger partial charge in [-0.15, -0.1) is 0 Å². The van der Waals surface area contributed by atoms with E-state index in [4.69, 9.17) is 16.3 Å². The van der Waals surface area contributed by atoms with Crippen molar-refractivity contribution in [2.75, 3.05) is 13.7 Å². The highest BCUT2D eigenvalue weighted by molar-refractivity contribution is 6.28. The van der Waals surface area contributed by atoms with Crippen molar-refractivity contribution in [2.45, 2.75) is 31.8 Å². The standard InChI is InChI=1S/C13H16ClN3O2/c1-19-12(18)8-4-10(5-8)17-3-2-11-9(7-17)6-15-13(14)16-11/h6,8,10H,2-5,7H2,1H3. The monoisotopic (exact) mass is 281 g/mol. The van der Waals surface area contributed by atoms with Crippen LogP contribution in [0.25, 0.3) is 0 Å². The van der Waals surface area contributed by atoms with Gasteiger partial charge in [-0.2, -0.15) is 0 Å². The first kappa shape index (κ1) is 12.8. The summed E-state index contributed by atoms with van der Waals surface area (Å²) in [5.74, 6) is 0.00152. The summed E-state index contributed by atoms with van der Waals surface area (Å²) in [5, 5.41) is 0.321. The van der Waals surface area contributed by atoms with Crippen LogP contribution in [0.3, 0.4) is 0 Å². The average Bonchev–Trinajstić information content (AvgIpc) is 2.36. The van der Waals surface area contributed by atoms with E-state index in [1.54, 1.807) is 0 Å². The highest BCUT2D eigenvalue weighted by Gasteiger charge is 2.39. The zero-order valence-electron chi connectivity index (χ0n) is 10.8. The average molecular weight is 282 g/mol. The molecule has 5 nitrogen and oxygen atoms in total. The van der Waals surface area contributed by atoms with Crippen LogP contribution < -0.4 is 0 Å². The van der Waals surface area contributed by atoms with Gasteiger partial charge in [0, 0.05) is 37.3 Å². The van der Waals surface area contributed by atoms with Gasteiger partial charge >= 0.3 is 5.97 Å². The zero-order valence-corrected chi connectivity index (χ0v) is 11.6. The summed E-state index contributed by atoms with van der Waals surface area (Å²) in [6.07, 6.45) is 4.51. The molecule has 3 rings (SSSR count). The fourth-order valence-corrected chi connectivity index (χ4v) is 3.02. The lowest BCUT2D eigenvalue weighted by molar-refractivity contribution is -0.151. The van der Waals surface area contributed by atoms with Crippen LogP contribution in [0, 0.1) is 5.92 Å². The first-order chi connectivity index (χ1) is 9.17. The number of fused-ring (bicyclic) bond motifs is 1. The molecule has 1 fully saturated rings. The van der Waals surface area contributed by atoms with Crippen LogP contribution in [0.5, 0.6) is 0 Å². The number of carbonyl (C=O) groups excluding carboxylic acids is 1. The zero-order chi connectivity index (χ0) is 13.4. The first-order valence-electron chi connectivity index (χ1n) is 6.49. The van der Waals surface area contributed by atoms with Gasteiger partial charge in [0.25, 0.3) is 0 Å². The van der Waals surface area contributed by atoms with E-state index in [9.17, 15) is 4.79 Å². The van der Waals surface area contributed by atoms with E-state index in [0.717, 1.165) is 43.6 Å². The van der Waals surface area contributed by atoms with Crippen molar-refractivity contribution >= 4 is 17.6 Å². The van der Waals surface area contributed by atoms with Crippen LogP contribution in [0.4, 0.5) is 0 Å². The Bertz CT molecular complexity index is 503. The van der Waals surface area contributed by atoms with Gasteiger partial charge in [0.15, 0.2) is 0 Å². The molecular weight excluding hydrogens is 266 g/mol. The molecule has 1 aromatic heterocycles. The molecule has 1 saturated carbocycles. The lowest BCUT2D eigenvalue weighted by atomic mass is 9.78. The Morgan fingerprint density at radius 3 is 3.05 bits per heavy atom. The molecule has 6 heteroatoms. The van der Waals surface area contributed by atoms with E-state index in [1.165, 1.54) is 7.11 Å². The predicted molar refractivity (Wildman–Crippen MR) is 69.7 cm³/mol. The van der Waals surface area contributed by atoms with E-state index in [-0.39, 0.29) is 11.9 Å². The largest absolute Gasteiger partial charge is 0.469 e. The smallest absolute Gasteiger partial charge is 0.308 e. The molecule has 1 aromatic rings. The summed E-state index contributed by atoms with van der Waals surface area (Å²) in [6, 6.07) is 0.480. The Morgan fingerprint density at radius 2 is 2.32 bits per heavy atom. The maximum absolute atomic E-state index is 11.4. The van der Waals surface area contributed by atoms with Crippen LogP contribution in [-0.4, -0.2) is 40.5 Å². The second kappa shape index (κ2) is 5.06. The Balaban J connectivity index is 1.61. The number of carbonyl (C=O) groups is 1. The van der Waals surface area contributed by atoms with Crippen molar-refractivity contribution in [2.24, 2.45) is 5.92 Å². The highest BCUT2D eigenvalue weighted by atomic mass is 35.5. The molecule has 102 valence electrons. The SMILES string of the molecule is COC(=O)C1CC(N2CCc3nc(Cl)ncc3C2)C1. The first-order valence-corrected chi connectivity index (χ1v) is 6.87. The lowest BCUT2D eigenvalue weighted by Gasteiger charge is -2.43.